The Kier molecular flexibility index (Phi) is 2.32. The first-order chi connectivity index (χ1) is 6.68. The minimum Gasteiger partial charge on any atom is -0.378 e. The molecule has 0 saturated carbocycles. The van der Waals surface area contributed by atoms with Gasteiger partial charge in [-0.15, -0.1) is 0 Å². The van der Waals surface area contributed by atoms with Crippen molar-refractivity contribution in [3.05, 3.63) is 35.4 Å². The van der Waals surface area contributed by atoms with Crippen molar-refractivity contribution in [3.63, 3.8) is 0 Å². The van der Waals surface area contributed by atoms with Gasteiger partial charge in [-0.25, -0.2) is 0 Å². The highest BCUT2D eigenvalue weighted by atomic mass is 14.9. The van der Waals surface area contributed by atoms with E-state index in [0.29, 0.717) is 12.0 Å². The zero-order valence-electron chi connectivity index (χ0n) is 9.04. The molecule has 0 aromatic heterocycles. The van der Waals surface area contributed by atoms with Crippen molar-refractivity contribution < 1.29 is 0 Å². The number of hydrogen-bond acceptors (Lipinski definition) is 1. The summed E-state index contributed by atoms with van der Waals surface area (Å²) in [6.45, 7) is 6.71. The first kappa shape index (κ1) is 9.32. The van der Waals surface area contributed by atoms with Crippen LogP contribution in [0.25, 0.3) is 6.08 Å². The number of hydrogen-bond donors (Lipinski definition) is 1. The Morgan fingerprint density at radius 2 is 1.93 bits per heavy atom. The summed E-state index contributed by atoms with van der Waals surface area (Å²) in [5.74, 6) is 0.639. The molecule has 0 fully saturated rings. The van der Waals surface area contributed by atoms with Gasteiger partial charge in [0, 0.05) is 11.7 Å². The molecule has 1 aromatic rings. The van der Waals surface area contributed by atoms with Crippen molar-refractivity contribution in [2.24, 2.45) is 5.92 Å². The first-order valence-electron chi connectivity index (χ1n) is 5.22. The number of fused-ring (bicyclic) bond motifs is 1. The monoisotopic (exact) mass is 187 g/mol. The van der Waals surface area contributed by atoms with Gasteiger partial charge in [0.15, 0.2) is 0 Å². The highest BCUT2D eigenvalue weighted by Crippen LogP contribution is 2.29. The average molecular weight is 187 g/mol. The van der Waals surface area contributed by atoms with Gasteiger partial charge in [0.05, 0.1) is 0 Å². The van der Waals surface area contributed by atoms with Gasteiger partial charge in [-0.2, -0.15) is 0 Å². The van der Waals surface area contributed by atoms with Crippen LogP contribution in [0.1, 0.15) is 26.3 Å². The molecule has 74 valence electrons. The lowest BCUT2D eigenvalue weighted by atomic mass is 9.91. The fourth-order valence-electron chi connectivity index (χ4n) is 2.06. The van der Waals surface area contributed by atoms with E-state index in [1.807, 2.05) is 0 Å². The Hall–Kier alpha value is -1.24. The van der Waals surface area contributed by atoms with Crippen molar-refractivity contribution in [1.29, 1.82) is 0 Å². The highest BCUT2D eigenvalue weighted by molar-refractivity contribution is 5.72. The van der Waals surface area contributed by atoms with E-state index >= 15 is 0 Å². The zero-order valence-corrected chi connectivity index (χ0v) is 9.04. The fourth-order valence-corrected chi connectivity index (χ4v) is 2.06. The standard InChI is InChI=1S/C13H17N/c1-9(2)13-10(3)8-11-6-4-5-7-12(11)14-13/h4-9,13-14H,1-3H3. The van der Waals surface area contributed by atoms with E-state index in [2.05, 4.69) is 56.4 Å². The Morgan fingerprint density at radius 1 is 1.21 bits per heavy atom. The van der Waals surface area contributed by atoms with Crippen LogP contribution in [-0.4, -0.2) is 6.04 Å². The van der Waals surface area contributed by atoms with Gasteiger partial charge < -0.3 is 5.32 Å². The number of nitrogens with one attached hydrogen (secondary N) is 1. The second kappa shape index (κ2) is 3.49. The lowest BCUT2D eigenvalue weighted by Crippen LogP contribution is -2.29. The molecule has 0 amide bonds. The van der Waals surface area contributed by atoms with Crippen LogP contribution in [0.5, 0.6) is 0 Å². The predicted molar refractivity (Wildman–Crippen MR) is 62.3 cm³/mol. The molecule has 0 aliphatic carbocycles. The zero-order chi connectivity index (χ0) is 10.1. The summed E-state index contributed by atoms with van der Waals surface area (Å²) in [4.78, 5) is 0. The number of para-hydroxylation sites is 1. The molecule has 0 saturated heterocycles. The number of anilines is 1. The maximum Gasteiger partial charge on any atom is 0.0497 e. The van der Waals surface area contributed by atoms with E-state index in [-0.39, 0.29) is 0 Å². The summed E-state index contributed by atoms with van der Waals surface area (Å²) in [6.07, 6.45) is 2.29. The van der Waals surface area contributed by atoms with E-state index < -0.39 is 0 Å². The fraction of sp³-hybridized carbons (Fsp3) is 0.385. The molecule has 14 heavy (non-hydrogen) atoms. The smallest absolute Gasteiger partial charge is 0.0497 e. The van der Waals surface area contributed by atoms with Gasteiger partial charge in [-0.3, -0.25) is 0 Å². The van der Waals surface area contributed by atoms with E-state index in [4.69, 9.17) is 0 Å². The normalized spacial score (nSPS) is 20.0. The number of benzene rings is 1. The summed E-state index contributed by atoms with van der Waals surface area (Å²) in [7, 11) is 0. The molecule has 1 unspecified atom stereocenters. The van der Waals surface area contributed by atoms with Gasteiger partial charge in [0.1, 0.15) is 0 Å². The molecule has 0 radical (unpaired) electrons. The summed E-state index contributed by atoms with van der Waals surface area (Å²) in [5.41, 5.74) is 4.00. The van der Waals surface area contributed by atoms with Crippen molar-refractivity contribution >= 4 is 11.8 Å². The molecule has 2 rings (SSSR count). The largest absolute Gasteiger partial charge is 0.378 e. The Morgan fingerprint density at radius 3 is 2.64 bits per heavy atom. The molecule has 1 aliphatic rings. The SMILES string of the molecule is CC1=Cc2ccccc2NC1C(C)C. The van der Waals surface area contributed by atoms with Gasteiger partial charge in [-0.05, 0) is 24.5 Å². The molecule has 1 N–H and O–H groups in total. The molecule has 1 atom stereocenters. The molecule has 1 heteroatoms. The molecule has 1 aromatic carbocycles. The van der Waals surface area contributed by atoms with Crippen LogP contribution in [0.4, 0.5) is 5.69 Å². The topological polar surface area (TPSA) is 12.0 Å². The van der Waals surface area contributed by atoms with Crippen LogP contribution in [0.15, 0.2) is 29.8 Å². The van der Waals surface area contributed by atoms with Crippen molar-refractivity contribution in [1.82, 2.24) is 0 Å². The summed E-state index contributed by atoms with van der Waals surface area (Å²) in [6, 6.07) is 8.96. The quantitative estimate of drug-likeness (QED) is 0.709. The third-order valence-corrected chi connectivity index (χ3v) is 2.81. The molecule has 1 heterocycles. The third kappa shape index (κ3) is 1.54. The Bertz CT molecular complexity index is 363. The van der Waals surface area contributed by atoms with Crippen molar-refractivity contribution in [2.75, 3.05) is 5.32 Å². The second-order valence-electron chi connectivity index (χ2n) is 4.34. The molecule has 1 aliphatic heterocycles. The number of rotatable bonds is 1. The van der Waals surface area contributed by atoms with Crippen LogP contribution in [0.2, 0.25) is 0 Å². The van der Waals surface area contributed by atoms with Crippen LogP contribution >= 0.6 is 0 Å². The summed E-state index contributed by atoms with van der Waals surface area (Å²) in [5, 5.41) is 3.58. The summed E-state index contributed by atoms with van der Waals surface area (Å²) >= 11 is 0. The third-order valence-electron chi connectivity index (χ3n) is 2.81. The lowest BCUT2D eigenvalue weighted by molar-refractivity contribution is 0.578. The van der Waals surface area contributed by atoms with Crippen LogP contribution in [-0.2, 0) is 0 Å². The highest BCUT2D eigenvalue weighted by Gasteiger charge is 2.19. The van der Waals surface area contributed by atoms with E-state index in [1.54, 1.807) is 0 Å². The second-order valence-corrected chi connectivity index (χ2v) is 4.34. The molecular formula is C13H17N. The molecule has 0 bridgehead atoms. The first-order valence-corrected chi connectivity index (χ1v) is 5.22. The lowest BCUT2D eigenvalue weighted by Gasteiger charge is -2.29. The molecule has 0 spiro atoms. The van der Waals surface area contributed by atoms with Crippen LogP contribution < -0.4 is 5.32 Å². The average Bonchev–Trinajstić information content (AvgIpc) is 2.16. The van der Waals surface area contributed by atoms with Crippen LogP contribution in [0.3, 0.4) is 0 Å². The van der Waals surface area contributed by atoms with Gasteiger partial charge >= 0.3 is 0 Å². The maximum atomic E-state index is 3.58. The van der Waals surface area contributed by atoms with E-state index in [1.165, 1.54) is 16.8 Å². The van der Waals surface area contributed by atoms with Gasteiger partial charge in [-0.1, -0.05) is 43.7 Å². The van der Waals surface area contributed by atoms with Gasteiger partial charge in [0.2, 0.25) is 0 Å². The minimum atomic E-state index is 0.491. The molecule has 1 nitrogen and oxygen atoms in total. The van der Waals surface area contributed by atoms with Gasteiger partial charge in [0.25, 0.3) is 0 Å². The van der Waals surface area contributed by atoms with Crippen molar-refractivity contribution in [3.8, 4) is 0 Å². The Labute approximate surface area is 85.8 Å². The van der Waals surface area contributed by atoms with E-state index in [0.717, 1.165) is 0 Å². The van der Waals surface area contributed by atoms with Crippen LogP contribution in [0, 0.1) is 5.92 Å². The van der Waals surface area contributed by atoms with E-state index in [9.17, 15) is 0 Å². The molecular weight excluding hydrogens is 170 g/mol. The maximum absolute atomic E-state index is 3.58. The Balaban J connectivity index is 2.38. The van der Waals surface area contributed by atoms with Crippen molar-refractivity contribution in [2.45, 2.75) is 26.8 Å². The predicted octanol–water partition coefficient (Wildman–Crippen LogP) is 3.54. The summed E-state index contributed by atoms with van der Waals surface area (Å²) < 4.78 is 0. The minimum absolute atomic E-state index is 0.491.